The second-order valence-corrected chi connectivity index (χ2v) is 7.03. The average Bonchev–Trinajstić information content (AvgIpc) is 3.11. The molecule has 8 heteroatoms. The molecule has 1 spiro atoms. The van der Waals surface area contributed by atoms with Gasteiger partial charge >= 0.3 is 6.09 Å². The maximum absolute atomic E-state index is 11.7. The summed E-state index contributed by atoms with van der Waals surface area (Å²) >= 11 is 0. The molecule has 130 valence electrons. The summed E-state index contributed by atoms with van der Waals surface area (Å²) in [5, 5.41) is 9.65. The fraction of sp³-hybridized carbons (Fsp3) is 0.688. The highest BCUT2D eigenvalue weighted by atomic mass is 16.6. The summed E-state index contributed by atoms with van der Waals surface area (Å²) in [6, 6.07) is 2.00. The predicted molar refractivity (Wildman–Crippen MR) is 88.2 cm³/mol. The SMILES string of the molecule is CN1CC2(CCN(c3cc(N4CCC(O)CC4)ncn3)C2)OC1=O. The molecule has 1 atom stereocenters. The van der Waals surface area contributed by atoms with Crippen LogP contribution in [0, 0.1) is 0 Å². The van der Waals surface area contributed by atoms with Gasteiger partial charge in [-0.1, -0.05) is 0 Å². The van der Waals surface area contributed by atoms with Gasteiger partial charge in [-0.2, -0.15) is 0 Å². The Morgan fingerprint density at radius 1 is 1.17 bits per heavy atom. The van der Waals surface area contributed by atoms with Crippen molar-refractivity contribution in [3.05, 3.63) is 12.4 Å². The normalized spacial score (nSPS) is 28.1. The van der Waals surface area contributed by atoms with E-state index in [1.165, 1.54) is 0 Å². The van der Waals surface area contributed by atoms with E-state index in [0.29, 0.717) is 13.1 Å². The Balaban J connectivity index is 1.48. The Morgan fingerprint density at radius 2 is 1.88 bits per heavy atom. The van der Waals surface area contributed by atoms with Crippen LogP contribution in [-0.2, 0) is 4.74 Å². The van der Waals surface area contributed by atoms with Gasteiger partial charge < -0.3 is 24.5 Å². The number of likely N-dealkylation sites (N-methyl/N-ethyl adjacent to an activating group) is 1. The first kappa shape index (κ1) is 15.4. The highest BCUT2D eigenvalue weighted by Gasteiger charge is 2.48. The molecule has 0 radical (unpaired) electrons. The van der Waals surface area contributed by atoms with Crippen molar-refractivity contribution in [2.75, 3.05) is 49.6 Å². The van der Waals surface area contributed by atoms with Crippen LogP contribution in [-0.4, -0.2) is 77.5 Å². The molecule has 1 N–H and O–H groups in total. The number of amides is 1. The molecule has 1 unspecified atom stereocenters. The summed E-state index contributed by atoms with van der Waals surface area (Å²) in [7, 11) is 1.77. The van der Waals surface area contributed by atoms with Crippen LogP contribution >= 0.6 is 0 Å². The minimum Gasteiger partial charge on any atom is -0.439 e. The number of aliphatic hydroxyl groups excluding tert-OH is 1. The third-order valence-corrected chi connectivity index (χ3v) is 5.21. The quantitative estimate of drug-likeness (QED) is 0.842. The van der Waals surface area contributed by atoms with Gasteiger partial charge in [0.05, 0.1) is 19.2 Å². The maximum Gasteiger partial charge on any atom is 0.410 e. The van der Waals surface area contributed by atoms with Crippen molar-refractivity contribution >= 4 is 17.7 Å². The highest BCUT2D eigenvalue weighted by Crippen LogP contribution is 2.34. The second-order valence-electron chi connectivity index (χ2n) is 7.03. The number of ether oxygens (including phenoxy) is 1. The maximum atomic E-state index is 11.7. The molecular weight excluding hydrogens is 310 g/mol. The monoisotopic (exact) mass is 333 g/mol. The number of anilines is 2. The number of rotatable bonds is 2. The smallest absolute Gasteiger partial charge is 0.410 e. The lowest BCUT2D eigenvalue weighted by molar-refractivity contribution is 0.0741. The molecule has 24 heavy (non-hydrogen) atoms. The van der Waals surface area contributed by atoms with Crippen molar-refractivity contribution in [2.24, 2.45) is 0 Å². The van der Waals surface area contributed by atoms with Crippen LogP contribution in [0.1, 0.15) is 19.3 Å². The van der Waals surface area contributed by atoms with Crippen molar-refractivity contribution < 1.29 is 14.6 Å². The topological polar surface area (TPSA) is 82.0 Å². The number of carbonyl (C=O) groups excluding carboxylic acids is 1. The number of nitrogens with zero attached hydrogens (tertiary/aromatic N) is 5. The van der Waals surface area contributed by atoms with Crippen molar-refractivity contribution in [3.8, 4) is 0 Å². The largest absolute Gasteiger partial charge is 0.439 e. The van der Waals surface area contributed by atoms with Gasteiger partial charge in [-0.05, 0) is 12.8 Å². The Hall–Kier alpha value is -2.09. The predicted octanol–water partition coefficient (Wildman–Crippen LogP) is 0.469. The molecule has 4 rings (SSSR count). The molecule has 3 aliphatic rings. The lowest BCUT2D eigenvalue weighted by atomic mass is 10.0. The number of piperidine rings is 1. The Labute approximate surface area is 141 Å². The molecule has 8 nitrogen and oxygen atoms in total. The Morgan fingerprint density at radius 3 is 2.54 bits per heavy atom. The molecule has 3 saturated heterocycles. The van der Waals surface area contributed by atoms with Gasteiger partial charge in [-0.3, -0.25) is 0 Å². The van der Waals surface area contributed by atoms with Crippen LogP contribution < -0.4 is 9.80 Å². The van der Waals surface area contributed by atoms with E-state index in [1.54, 1.807) is 18.3 Å². The molecule has 3 fully saturated rings. The number of carbonyl (C=O) groups is 1. The third-order valence-electron chi connectivity index (χ3n) is 5.21. The van der Waals surface area contributed by atoms with E-state index in [4.69, 9.17) is 4.74 Å². The third kappa shape index (κ3) is 2.75. The standard InChI is InChI=1S/C16H23N5O3/c1-19-9-16(24-15(19)23)4-7-21(10-16)14-8-13(17-11-18-14)20-5-2-12(22)3-6-20/h8,11-12,22H,2-7,9-10H2,1H3. The zero-order valence-corrected chi connectivity index (χ0v) is 13.9. The lowest BCUT2D eigenvalue weighted by Crippen LogP contribution is -2.38. The van der Waals surface area contributed by atoms with Gasteiger partial charge in [0, 0.05) is 39.2 Å². The van der Waals surface area contributed by atoms with Crippen LogP contribution in [0.25, 0.3) is 0 Å². The van der Waals surface area contributed by atoms with Crippen molar-refractivity contribution in [2.45, 2.75) is 31.0 Å². The zero-order valence-electron chi connectivity index (χ0n) is 13.9. The van der Waals surface area contributed by atoms with Gasteiger partial charge in [-0.15, -0.1) is 0 Å². The molecule has 0 aliphatic carbocycles. The fourth-order valence-electron chi connectivity index (χ4n) is 3.82. The minimum atomic E-state index is -0.411. The van der Waals surface area contributed by atoms with E-state index in [-0.39, 0.29) is 12.2 Å². The summed E-state index contributed by atoms with van der Waals surface area (Å²) in [6.07, 6.45) is 3.51. The first-order valence-corrected chi connectivity index (χ1v) is 8.49. The number of aromatic nitrogens is 2. The molecule has 0 bridgehead atoms. The van der Waals surface area contributed by atoms with E-state index in [1.807, 2.05) is 6.07 Å². The molecule has 1 aromatic heterocycles. The summed E-state index contributed by atoms with van der Waals surface area (Å²) in [5.74, 6) is 1.77. The van der Waals surface area contributed by atoms with Crippen LogP contribution in [0.4, 0.5) is 16.4 Å². The fourth-order valence-corrected chi connectivity index (χ4v) is 3.82. The summed E-state index contributed by atoms with van der Waals surface area (Å²) < 4.78 is 5.60. The van der Waals surface area contributed by atoms with Crippen LogP contribution in [0.5, 0.6) is 0 Å². The molecular formula is C16H23N5O3. The van der Waals surface area contributed by atoms with E-state index in [0.717, 1.165) is 50.5 Å². The van der Waals surface area contributed by atoms with Crippen LogP contribution in [0.15, 0.2) is 12.4 Å². The first-order chi connectivity index (χ1) is 11.5. The van der Waals surface area contributed by atoms with Gasteiger partial charge in [0.2, 0.25) is 0 Å². The molecule has 4 heterocycles. The second kappa shape index (κ2) is 5.77. The van der Waals surface area contributed by atoms with Crippen molar-refractivity contribution in [1.82, 2.24) is 14.9 Å². The van der Waals surface area contributed by atoms with E-state index < -0.39 is 5.60 Å². The van der Waals surface area contributed by atoms with E-state index in [2.05, 4.69) is 19.8 Å². The Bertz CT molecular complexity index is 634. The van der Waals surface area contributed by atoms with Gasteiger partial charge in [-0.25, -0.2) is 14.8 Å². The van der Waals surface area contributed by atoms with Crippen LogP contribution in [0.2, 0.25) is 0 Å². The molecule has 0 saturated carbocycles. The number of hydrogen-bond donors (Lipinski definition) is 1. The number of aliphatic hydroxyl groups is 1. The van der Waals surface area contributed by atoms with Gasteiger partial charge in [0.1, 0.15) is 18.0 Å². The zero-order chi connectivity index (χ0) is 16.7. The number of hydrogen-bond acceptors (Lipinski definition) is 7. The van der Waals surface area contributed by atoms with E-state index in [9.17, 15) is 9.90 Å². The lowest BCUT2D eigenvalue weighted by Gasteiger charge is -2.31. The summed E-state index contributed by atoms with van der Waals surface area (Å²) in [5.41, 5.74) is -0.411. The van der Waals surface area contributed by atoms with Crippen molar-refractivity contribution in [3.63, 3.8) is 0 Å². The van der Waals surface area contributed by atoms with Crippen molar-refractivity contribution in [1.29, 1.82) is 0 Å². The van der Waals surface area contributed by atoms with Gasteiger partial charge in [0.15, 0.2) is 5.60 Å². The Kier molecular flexibility index (Phi) is 3.71. The van der Waals surface area contributed by atoms with Crippen LogP contribution in [0.3, 0.4) is 0 Å². The summed E-state index contributed by atoms with van der Waals surface area (Å²) in [4.78, 5) is 26.5. The van der Waals surface area contributed by atoms with E-state index >= 15 is 0 Å². The summed E-state index contributed by atoms with van der Waals surface area (Å²) in [6.45, 7) is 3.73. The molecule has 0 aromatic carbocycles. The van der Waals surface area contributed by atoms with Gasteiger partial charge in [0.25, 0.3) is 0 Å². The molecule has 1 amide bonds. The first-order valence-electron chi connectivity index (χ1n) is 8.49. The minimum absolute atomic E-state index is 0.199. The average molecular weight is 333 g/mol. The molecule has 1 aromatic rings. The molecule has 3 aliphatic heterocycles. The highest BCUT2D eigenvalue weighted by molar-refractivity contribution is 5.70.